The van der Waals surface area contributed by atoms with E-state index in [1.54, 1.807) is 60.7 Å². The number of unbranched alkanes of at least 4 members (excludes halogenated alkanes) is 2. The molecule has 0 heterocycles. The molecular formula is C28H30O6. The van der Waals surface area contributed by atoms with Crippen LogP contribution in [0.5, 0.6) is 11.5 Å². The second-order valence-electron chi connectivity index (χ2n) is 7.73. The van der Waals surface area contributed by atoms with E-state index >= 15 is 0 Å². The quantitative estimate of drug-likeness (QED) is 0.124. The summed E-state index contributed by atoms with van der Waals surface area (Å²) >= 11 is 0. The van der Waals surface area contributed by atoms with Crippen LogP contribution in [0.15, 0.2) is 59.7 Å². The van der Waals surface area contributed by atoms with Gasteiger partial charge in [0.1, 0.15) is 11.5 Å². The van der Waals surface area contributed by atoms with Crippen molar-refractivity contribution in [2.24, 2.45) is 0 Å². The van der Waals surface area contributed by atoms with Gasteiger partial charge in [-0.3, -0.25) is 19.2 Å². The predicted octanol–water partition coefficient (Wildman–Crippen LogP) is 5.74. The minimum Gasteiger partial charge on any atom is -0.427 e. The average molecular weight is 463 g/mol. The summed E-state index contributed by atoms with van der Waals surface area (Å²) in [4.78, 5) is 46.9. The van der Waals surface area contributed by atoms with E-state index < -0.39 is 0 Å². The third kappa shape index (κ3) is 8.98. The van der Waals surface area contributed by atoms with Crippen LogP contribution in [-0.2, 0) is 19.2 Å². The van der Waals surface area contributed by atoms with Crippen LogP contribution in [0.2, 0.25) is 0 Å². The van der Waals surface area contributed by atoms with Crippen molar-refractivity contribution in [3.05, 3.63) is 70.8 Å². The number of hydrogen-bond acceptors (Lipinski definition) is 6. The molecule has 0 fully saturated rings. The molecule has 0 atom stereocenters. The highest BCUT2D eigenvalue weighted by Gasteiger charge is 2.08. The van der Waals surface area contributed by atoms with E-state index in [4.69, 9.17) is 9.47 Å². The Kier molecular flexibility index (Phi) is 11.2. The lowest BCUT2D eigenvalue weighted by Gasteiger charge is -2.06. The van der Waals surface area contributed by atoms with E-state index in [0.717, 1.165) is 25.7 Å². The van der Waals surface area contributed by atoms with E-state index in [0.29, 0.717) is 48.0 Å². The molecule has 0 saturated carbocycles. The first-order valence-corrected chi connectivity index (χ1v) is 11.4. The van der Waals surface area contributed by atoms with Crippen molar-refractivity contribution in [3.8, 4) is 11.5 Å². The van der Waals surface area contributed by atoms with Gasteiger partial charge in [-0.15, -0.1) is 0 Å². The zero-order valence-electron chi connectivity index (χ0n) is 19.6. The molecule has 0 spiro atoms. The van der Waals surface area contributed by atoms with Crippen molar-refractivity contribution in [3.63, 3.8) is 0 Å². The summed E-state index contributed by atoms with van der Waals surface area (Å²) in [6.07, 6.45) is 8.50. The summed E-state index contributed by atoms with van der Waals surface area (Å²) in [5.41, 5.74) is 1.77. The monoisotopic (exact) mass is 462 g/mol. The average Bonchev–Trinajstić information content (AvgIpc) is 2.85. The summed E-state index contributed by atoms with van der Waals surface area (Å²) in [7, 11) is 0. The Bertz CT molecular complexity index is 944. The summed E-state index contributed by atoms with van der Waals surface area (Å²) in [5, 5.41) is 0. The van der Waals surface area contributed by atoms with Gasteiger partial charge in [-0.1, -0.05) is 51.0 Å². The number of carbonyl (C=O) groups is 4. The Balaban J connectivity index is 2.11. The number of aldehydes is 2. The lowest BCUT2D eigenvalue weighted by atomic mass is 10.0. The molecule has 2 aromatic carbocycles. The van der Waals surface area contributed by atoms with Gasteiger partial charge in [-0.25, -0.2) is 0 Å². The Morgan fingerprint density at radius 2 is 1.00 bits per heavy atom. The summed E-state index contributed by atoms with van der Waals surface area (Å²) < 4.78 is 10.6. The van der Waals surface area contributed by atoms with Crippen molar-refractivity contribution in [1.29, 1.82) is 0 Å². The first-order chi connectivity index (χ1) is 16.5. The van der Waals surface area contributed by atoms with Crippen molar-refractivity contribution in [1.82, 2.24) is 0 Å². The molecule has 0 bridgehead atoms. The van der Waals surface area contributed by atoms with Crippen LogP contribution in [0.4, 0.5) is 0 Å². The number of rotatable bonds is 13. The molecule has 0 aliphatic heterocycles. The Morgan fingerprint density at radius 3 is 1.29 bits per heavy atom. The van der Waals surface area contributed by atoms with Crippen LogP contribution in [0.3, 0.4) is 0 Å². The van der Waals surface area contributed by atoms with Crippen molar-refractivity contribution < 1.29 is 28.7 Å². The fraction of sp³-hybridized carbons (Fsp3) is 0.286. The molecule has 2 rings (SSSR count). The first-order valence-electron chi connectivity index (χ1n) is 11.4. The Labute approximate surface area is 200 Å². The van der Waals surface area contributed by atoms with E-state index in [1.807, 2.05) is 13.8 Å². The van der Waals surface area contributed by atoms with Gasteiger partial charge >= 0.3 is 11.9 Å². The Hall–Kier alpha value is -3.80. The van der Waals surface area contributed by atoms with Gasteiger partial charge in [0.15, 0.2) is 12.6 Å². The van der Waals surface area contributed by atoms with E-state index in [1.165, 1.54) is 0 Å². The first kappa shape index (κ1) is 26.5. The second kappa shape index (κ2) is 14.4. The number of hydrogen-bond donors (Lipinski definition) is 0. The zero-order chi connectivity index (χ0) is 24.8. The molecule has 0 unspecified atom stereocenters. The van der Waals surface area contributed by atoms with E-state index in [9.17, 15) is 19.2 Å². The van der Waals surface area contributed by atoms with Gasteiger partial charge in [0.25, 0.3) is 0 Å². The number of carbonyl (C=O) groups excluding carboxylic acids is 4. The highest BCUT2D eigenvalue weighted by molar-refractivity contribution is 6.02. The maximum atomic E-state index is 11.7. The van der Waals surface area contributed by atoms with E-state index in [-0.39, 0.29) is 23.1 Å². The lowest BCUT2D eigenvalue weighted by molar-refractivity contribution is -0.135. The molecule has 6 heteroatoms. The molecule has 0 aliphatic carbocycles. The zero-order valence-corrected chi connectivity index (χ0v) is 19.6. The van der Waals surface area contributed by atoms with Crippen molar-refractivity contribution in [2.75, 3.05) is 0 Å². The smallest absolute Gasteiger partial charge is 0.311 e. The topological polar surface area (TPSA) is 86.7 Å². The molecule has 6 nitrogen and oxygen atoms in total. The fourth-order valence-electron chi connectivity index (χ4n) is 3.00. The number of ether oxygens (including phenoxy) is 2. The molecule has 178 valence electrons. The van der Waals surface area contributed by atoms with Crippen LogP contribution in [0, 0.1) is 0 Å². The summed E-state index contributed by atoms with van der Waals surface area (Å²) in [6, 6.07) is 13.4. The van der Waals surface area contributed by atoms with Crippen LogP contribution in [-0.4, -0.2) is 24.5 Å². The van der Waals surface area contributed by atoms with E-state index in [2.05, 4.69) is 0 Å². The summed E-state index contributed by atoms with van der Waals surface area (Å²) in [5.74, 6) is 0.276. The molecule has 0 amide bonds. The van der Waals surface area contributed by atoms with Crippen LogP contribution in [0.1, 0.15) is 63.5 Å². The normalized spacial score (nSPS) is 11.6. The maximum absolute atomic E-state index is 11.7. The van der Waals surface area contributed by atoms with Gasteiger partial charge in [-0.05, 0) is 60.4 Å². The van der Waals surface area contributed by atoms with Gasteiger partial charge in [0, 0.05) is 24.0 Å². The second-order valence-corrected chi connectivity index (χ2v) is 7.73. The van der Waals surface area contributed by atoms with Crippen molar-refractivity contribution >= 4 is 36.7 Å². The van der Waals surface area contributed by atoms with Gasteiger partial charge in [0.05, 0.1) is 0 Å². The lowest BCUT2D eigenvalue weighted by Crippen LogP contribution is -2.07. The Morgan fingerprint density at radius 1 is 0.647 bits per heavy atom. The van der Waals surface area contributed by atoms with Crippen LogP contribution in [0.25, 0.3) is 12.2 Å². The standard InChI is InChI=1S/C28H30O6/c1-3-5-7-27(31)33-25-13-9-21(10-14-25)17-23(19-29)24(20-30)18-22-11-15-26(16-12-22)34-28(32)8-6-4-2/h9-20H,3-8H2,1-2H3/b23-17+,24-18+. The van der Waals surface area contributed by atoms with Gasteiger partial charge in [-0.2, -0.15) is 0 Å². The molecule has 0 aliphatic rings. The maximum Gasteiger partial charge on any atom is 0.311 e. The predicted molar refractivity (Wildman–Crippen MR) is 131 cm³/mol. The molecule has 2 aromatic rings. The van der Waals surface area contributed by atoms with Gasteiger partial charge < -0.3 is 9.47 Å². The molecule has 0 radical (unpaired) electrons. The van der Waals surface area contributed by atoms with Crippen LogP contribution >= 0.6 is 0 Å². The third-order valence-electron chi connectivity index (χ3n) is 4.92. The molecule has 34 heavy (non-hydrogen) atoms. The van der Waals surface area contributed by atoms with Crippen LogP contribution < -0.4 is 9.47 Å². The molecular weight excluding hydrogens is 432 g/mol. The van der Waals surface area contributed by atoms with Gasteiger partial charge in [0.2, 0.25) is 0 Å². The van der Waals surface area contributed by atoms with Crippen molar-refractivity contribution in [2.45, 2.75) is 52.4 Å². The highest BCUT2D eigenvalue weighted by atomic mass is 16.5. The number of esters is 2. The molecule has 0 aromatic heterocycles. The summed E-state index contributed by atoms with van der Waals surface area (Å²) in [6.45, 7) is 4.00. The minimum absolute atomic E-state index is 0.206. The molecule has 0 N–H and O–H groups in total. The molecule has 0 saturated heterocycles. The minimum atomic E-state index is -0.286. The SMILES string of the molecule is CCCCC(=O)Oc1ccc(/C=C(C=O)/C(C=O)=C/c2ccc(OC(=O)CCCC)cc2)cc1. The number of benzene rings is 2. The fourth-order valence-corrected chi connectivity index (χ4v) is 3.00. The third-order valence-corrected chi connectivity index (χ3v) is 4.92. The number of allylic oxidation sites excluding steroid dienone is 2. The highest BCUT2D eigenvalue weighted by Crippen LogP contribution is 2.20. The largest absolute Gasteiger partial charge is 0.427 e.